The summed E-state index contributed by atoms with van der Waals surface area (Å²) in [6.45, 7) is 5.77. The SMILES string of the molecule is CCOc1cccc(N)c1C(=O)NCC1CCOC1C. The molecule has 0 aliphatic carbocycles. The molecular formula is C15H22N2O3. The van der Waals surface area contributed by atoms with E-state index in [0.29, 0.717) is 36.1 Å². The van der Waals surface area contributed by atoms with Gasteiger partial charge in [-0.2, -0.15) is 0 Å². The van der Waals surface area contributed by atoms with Gasteiger partial charge in [-0.3, -0.25) is 4.79 Å². The molecule has 2 unspecified atom stereocenters. The van der Waals surface area contributed by atoms with Crippen LogP contribution < -0.4 is 15.8 Å². The quantitative estimate of drug-likeness (QED) is 0.806. The number of nitrogens with two attached hydrogens (primary N) is 1. The van der Waals surface area contributed by atoms with E-state index in [1.807, 2.05) is 13.8 Å². The smallest absolute Gasteiger partial charge is 0.257 e. The molecule has 5 nitrogen and oxygen atoms in total. The summed E-state index contributed by atoms with van der Waals surface area (Å²) in [5, 5.41) is 2.93. The van der Waals surface area contributed by atoms with Gasteiger partial charge < -0.3 is 20.5 Å². The van der Waals surface area contributed by atoms with E-state index in [9.17, 15) is 4.79 Å². The summed E-state index contributed by atoms with van der Waals surface area (Å²) in [5.74, 6) is 0.700. The van der Waals surface area contributed by atoms with Crippen LogP contribution in [0.5, 0.6) is 5.75 Å². The van der Waals surface area contributed by atoms with Crippen LogP contribution in [0.4, 0.5) is 5.69 Å². The molecule has 20 heavy (non-hydrogen) atoms. The van der Waals surface area contributed by atoms with Gasteiger partial charge in [-0.05, 0) is 32.4 Å². The normalized spacial score (nSPS) is 21.7. The molecule has 2 atom stereocenters. The predicted molar refractivity (Wildman–Crippen MR) is 77.9 cm³/mol. The fourth-order valence-corrected chi connectivity index (χ4v) is 2.42. The van der Waals surface area contributed by atoms with Crippen molar-refractivity contribution < 1.29 is 14.3 Å². The molecular weight excluding hydrogens is 256 g/mol. The fourth-order valence-electron chi connectivity index (χ4n) is 2.42. The van der Waals surface area contributed by atoms with E-state index in [1.165, 1.54) is 0 Å². The first-order chi connectivity index (χ1) is 9.63. The molecule has 1 aliphatic rings. The number of carbonyl (C=O) groups is 1. The van der Waals surface area contributed by atoms with E-state index in [2.05, 4.69) is 5.32 Å². The molecule has 1 heterocycles. The Morgan fingerprint density at radius 3 is 3.00 bits per heavy atom. The van der Waals surface area contributed by atoms with Crippen molar-refractivity contribution in [2.24, 2.45) is 5.92 Å². The number of amides is 1. The molecule has 0 saturated carbocycles. The van der Waals surface area contributed by atoms with Crippen molar-refractivity contribution in [3.63, 3.8) is 0 Å². The monoisotopic (exact) mass is 278 g/mol. The zero-order valence-corrected chi connectivity index (χ0v) is 12.0. The third-order valence-electron chi connectivity index (χ3n) is 3.64. The highest BCUT2D eigenvalue weighted by Gasteiger charge is 2.25. The highest BCUT2D eigenvalue weighted by Crippen LogP contribution is 2.25. The number of rotatable bonds is 5. The first-order valence-corrected chi connectivity index (χ1v) is 7.04. The summed E-state index contributed by atoms with van der Waals surface area (Å²) in [5.41, 5.74) is 6.75. The molecule has 110 valence electrons. The average molecular weight is 278 g/mol. The van der Waals surface area contributed by atoms with Gasteiger partial charge in [0.2, 0.25) is 0 Å². The van der Waals surface area contributed by atoms with E-state index in [4.69, 9.17) is 15.2 Å². The number of benzene rings is 1. The van der Waals surface area contributed by atoms with E-state index in [-0.39, 0.29) is 12.0 Å². The van der Waals surface area contributed by atoms with Crippen molar-refractivity contribution in [3.05, 3.63) is 23.8 Å². The van der Waals surface area contributed by atoms with Gasteiger partial charge in [0, 0.05) is 24.8 Å². The molecule has 3 N–H and O–H groups in total. The maximum Gasteiger partial charge on any atom is 0.257 e. The van der Waals surface area contributed by atoms with Crippen LogP contribution in [0.1, 0.15) is 30.6 Å². The summed E-state index contributed by atoms with van der Waals surface area (Å²) < 4.78 is 11.0. The van der Waals surface area contributed by atoms with Crippen LogP contribution in [0.15, 0.2) is 18.2 Å². The zero-order chi connectivity index (χ0) is 14.5. The predicted octanol–water partition coefficient (Wildman–Crippen LogP) is 1.82. The van der Waals surface area contributed by atoms with Crippen molar-refractivity contribution in [2.75, 3.05) is 25.5 Å². The summed E-state index contributed by atoms with van der Waals surface area (Å²) in [6, 6.07) is 5.25. The molecule has 1 aliphatic heterocycles. The van der Waals surface area contributed by atoms with Crippen LogP contribution in [-0.2, 0) is 4.74 Å². The van der Waals surface area contributed by atoms with Crippen molar-refractivity contribution in [3.8, 4) is 5.75 Å². The lowest BCUT2D eigenvalue weighted by Gasteiger charge is -2.16. The molecule has 0 aromatic heterocycles. The number of carbonyl (C=O) groups excluding carboxylic acids is 1. The third kappa shape index (κ3) is 3.22. The Morgan fingerprint density at radius 2 is 2.35 bits per heavy atom. The first kappa shape index (κ1) is 14.7. The second-order valence-corrected chi connectivity index (χ2v) is 4.99. The van der Waals surface area contributed by atoms with Gasteiger partial charge in [0.1, 0.15) is 11.3 Å². The van der Waals surface area contributed by atoms with Crippen LogP contribution >= 0.6 is 0 Å². The lowest BCUT2D eigenvalue weighted by atomic mass is 10.0. The number of ether oxygens (including phenoxy) is 2. The van der Waals surface area contributed by atoms with Crippen LogP contribution in [0, 0.1) is 5.92 Å². The second-order valence-electron chi connectivity index (χ2n) is 4.99. The average Bonchev–Trinajstić information content (AvgIpc) is 2.82. The standard InChI is InChI=1S/C15H22N2O3/c1-3-19-13-6-4-5-12(16)14(13)15(18)17-9-11-7-8-20-10(11)2/h4-6,10-11H,3,7-9,16H2,1-2H3,(H,17,18). The van der Waals surface area contributed by atoms with Gasteiger partial charge in [0.05, 0.1) is 12.7 Å². The van der Waals surface area contributed by atoms with Gasteiger partial charge in [-0.25, -0.2) is 0 Å². The summed E-state index contributed by atoms with van der Waals surface area (Å²) >= 11 is 0. The summed E-state index contributed by atoms with van der Waals surface area (Å²) in [7, 11) is 0. The van der Waals surface area contributed by atoms with E-state index >= 15 is 0 Å². The largest absolute Gasteiger partial charge is 0.493 e. The molecule has 1 fully saturated rings. The Labute approximate surface area is 119 Å². The number of anilines is 1. The fraction of sp³-hybridized carbons (Fsp3) is 0.533. The van der Waals surface area contributed by atoms with Crippen LogP contribution in [0.2, 0.25) is 0 Å². The van der Waals surface area contributed by atoms with Gasteiger partial charge in [0.15, 0.2) is 0 Å². The Morgan fingerprint density at radius 1 is 1.55 bits per heavy atom. The summed E-state index contributed by atoms with van der Waals surface area (Å²) in [4.78, 5) is 12.3. The van der Waals surface area contributed by atoms with E-state index in [0.717, 1.165) is 13.0 Å². The van der Waals surface area contributed by atoms with Crippen LogP contribution in [-0.4, -0.2) is 31.8 Å². The third-order valence-corrected chi connectivity index (χ3v) is 3.64. The highest BCUT2D eigenvalue weighted by molar-refractivity contribution is 6.01. The molecule has 1 saturated heterocycles. The van der Waals surface area contributed by atoms with E-state index < -0.39 is 0 Å². The molecule has 5 heteroatoms. The minimum atomic E-state index is -0.189. The Bertz CT molecular complexity index is 476. The number of nitrogens with one attached hydrogen (secondary N) is 1. The topological polar surface area (TPSA) is 73.6 Å². The molecule has 1 aromatic carbocycles. The van der Waals surface area contributed by atoms with Crippen molar-refractivity contribution in [1.29, 1.82) is 0 Å². The Kier molecular flexibility index (Phi) is 4.84. The first-order valence-electron chi connectivity index (χ1n) is 7.04. The minimum absolute atomic E-state index is 0.189. The van der Waals surface area contributed by atoms with Crippen LogP contribution in [0.3, 0.4) is 0 Å². The van der Waals surface area contributed by atoms with Gasteiger partial charge in [-0.1, -0.05) is 6.07 Å². The van der Waals surface area contributed by atoms with Crippen molar-refractivity contribution in [1.82, 2.24) is 5.32 Å². The van der Waals surface area contributed by atoms with E-state index in [1.54, 1.807) is 18.2 Å². The number of nitrogen functional groups attached to an aromatic ring is 1. The summed E-state index contributed by atoms with van der Waals surface area (Å²) in [6.07, 6.45) is 1.17. The maximum absolute atomic E-state index is 12.3. The highest BCUT2D eigenvalue weighted by atomic mass is 16.5. The van der Waals surface area contributed by atoms with Gasteiger partial charge in [-0.15, -0.1) is 0 Å². The molecule has 0 bridgehead atoms. The lowest BCUT2D eigenvalue weighted by Crippen LogP contribution is -2.32. The van der Waals surface area contributed by atoms with Gasteiger partial charge >= 0.3 is 0 Å². The van der Waals surface area contributed by atoms with Crippen molar-refractivity contribution in [2.45, 2.75) is 26.4 Å². The second kappa shape index (κ2) is 6.61. The minimum Gasteiger partial charge on any atom is -0.493 e. The van der Waals surface area contributed by atoms with Gasteiger partial charge in [0.25, 0.3) is 5.91 Å². The molecule has 1 amide bonds. The zero-order valence-electron chi connectivity index (χ0n) is 12.0. The Hall–Kier alpha value is -1.75. The van der Waals surface area contributed by atoms with Crippen LogP contribution in [0.25, 0.3) is 0 Å². The Balaban J connectivity index is 2.04. The molecule has 2 rings (SSSR count). The molecule has 1 aromatic rings. The van der Waals surface area contributed by atoms with Crippen molar-refractivity contribution >= 4 is 11.6 Å². The number of hydrogen-bond acceptors (Lipinski definition) is 4. The molecule has 0 radical (unpaired) electrons. The number of hydrogen-bond donors (Lipinski definition) is 2. The molecule has 0 spiro atoms. The lowest BCUT2D eigenvalue weighted by molar-refractivity contribution is 0.0905. The maximum atomic E-state index is 12.3.